The molecule has 0 amide bonds. The van der Waals surface area contributed by atoms with Crippen LogP contribution in [0, 0.1) is 19.3 Å². The van der Waals surface area contributed by atoms with Crippen molar-refractivity contribution in [3.63, 3.8) is 0 Å². The molecule has 5 nitrogen and oxygen atoms in total. The number of piperidine rings is 1. The summed E-state index contributed by atoms with van der Waals surface area (Å²) in [6.45, 7) is 5.80. The lowest BCUT2D eigenvalue weighted by atomic mass is 9.94. The van der Waals surface area contributed by atoms with Gasteiger partial charge in [-0.3, -0.25) is 4.98 Å². The second-order valence-electron chi connectivity index (χ2n) is 7.23. The third kappa shape index (κ3) is 2.53. The molecule has 6 heteroatoms. The van der Waals surface area contributed by atoms with E-state index in [0.29, 0.717) is 10.4 Å². The van der Waals surface area contributed by atoms with Crippen LogP contribution >= 0.6 is 0 Å². The van der Waals surface area contributed by atoms with Gasteiger partial charge < -0.3 is 5.32 Å². The zero-order valence-electron chi connectivity index (χ0n) is 14.1. The molecule has 1 aromatic heterocycles. The number of hydrogen-bond acceptors (Lipinski definition) is 4. The Morgan fingerprint density at radius 1 is 1.25 bits per heavy atom. The predicted molar refractivity (Wildman–Crippen MR) is 94.5 cm³/mol. The standard InChI is InChI=1S/C18H23N3O2S/c1-12-10-13(2)17(16-14(12)4-3-7-20-16)24(22,23)21-15-11-18(15)5-8-19-9-6-18/h3-4,7,10,15,19,21H,5-6,8-9,11H2,1-2H3. The van der Waals surface area contributed by atoms with Gasteiger partial charge in [-0.25, -0.2) is 13.1 Å². The van der Waals surface area contributed by atoms with Crippen molar-refractivity contribution in [1.29, 1.82) is 0 Å². The second-order valence-corrected chi connectivity index (χ2v) is 8.88. The lowest BCUT2D eigenvalue weighted by molar-refractivity contribution is 0.337. The molecule has 2 heterocycles. The Balaban J connectivity index is 1.72. The van der Waals surface area contributed by atoms with Gasteiger partial charge in [-0.15, -0.1) is 0 Å². The number of fused-ring (bicyclic) bond motifs is 1. The first-order valence-electron chi connectivity index (χ1n) is 8.51. The third-order valence-corrected chi connectivity index (χ3v) is 7.24. The van der Waals surface area contributed by atoms with Crippen LogP contribution in [0.3, 0.4) is 0 Å². The van der Waals surface area contributed by atoms with E-state index in [2.05, 4.69) is 15.0 Å². The lowest BCUT2D eigenvalue weighted by Crippen LogP contribution is -2.36. The van der Waals surface area contributed by atoms with Crippen molar-refractivity contribution < 1.29 is 8.42 Å². The van der Waals surface area contributed by atoms with Gasteiger partial charge in [0.1, 0.15) is 4.90 Å². The molecule has 0 bridgehead atoms. The van der Waals surface area contributed by atoms with Gasteiger partial charge in [0.25, 0.3) is 0 Å². The van der Waals surface area contributed by atoms with Crippen molar-refractivity contribution in [2.75, 3.05) is 13.1 Å². The largest absolute Gasteiger partial charge is 0.317 e. The van der Waals surface area contributed by atoms with Crippen molar-refractivity contribution in [2.45, 2.75) is 44.0 Å². The van der Waals surface area contributed by atoms with Gasteiger partial charge in [-0.2, -0.15) is 0 Å². The molecule has 2 fully saturated rings. The van der Waals surface area contributed by atoms with Crippen LogP contribution in [-0.4, -0.2) is 32.5 Å². The Bertz CT molecular complexity index is 902. The quantitative estimate of drug-likeness (QED) is 0.895. The van der Waals surface area contributed by atoms with Crippen LogP contribution in [0.4, 0.5) is 0 Å². The van der Waals surface area contributed by atoms with Gasteiger partial charge in [0.15, 0.2) is 0 Å². The first kappa shape index (κ1) is 16.0. The predicted octanol–water partition coefficient (Wildman–Crippen LogP) is 2.27. The van der Waals surface area contributed by atoms with E-state index in [1.807, 2.05) is 32.0 Å². The summed E-state index contributed by atoms with van der Waals surface area (Å²) >= 11 is 0. The van der Waals surface area contributed by atoms with Crippen LogP contribution in [-0.2, 0) is 10.0 Å². The Morgan fingerprint density at radius 2 is 2.00 bits per heavy atom. The van der Waals surface area contributed by atoms with Crippen LogP contribution in [0.1, 0.15) is 30.4 Å². The van der Waals surface area contributed by atoms with Crippen molar-refractivity contribution in [3.05, 3.63) is 35.5 Å². The van der Waals surface area contributed by atoms with Crippen LogP contribution in [0.2, 0.25) is 0 Å². The Hall–Kier alpha value is -1.50. The molecule has 1 aliphatic carbocycles. The highest BCUT2D eigenvalue weighted by atomic mass is 32.2. The highest BCUT2D eigenvalue weighted by Crippen LogP contribution is 2.53. The van der Waals surface area contributed by atoms with E-state index in [-0.39, 0.29) is 11.5 Å². The second kappa shape index (κ2) is 5.51. The van der Waals surface area contributed by atoms with Crippen molar-refractivity contribution in [2.24, 2.45) is 5.41 Å². The van der Waals surface area contributed by atoms with Gasteiger partial charge in [-0.05, 0) is 68.8 Å². The molecule has 1 saturated carbocycles. The van der Waals surface area contributed by atoms with Gasteiger partial charge in [0, 0.05) is 17.6 Å². The van der Waals surface area contributed by atoms with E-state index in [0.717, 1.165) is 48.9 Å². The van der Waals surface area contributed by atoms with E-state index in [9.17, 15) is 8.42 Å². The van der Waals surface area contributed by atoms with Gasteiger partial charge in [0.05, 0.1) is 5.52 Å². The molecule has 1 saturated heterocycles. The van der Waals surface area contributed by atoms with Crippen molar-refractivity contribution in [1.82, 2.24) is 15.0 Å². The Labute approximate surface area is 142 Å². The number of hydrogen-bond donors (Lipinski definition) is 2. The van der Waals surface area contributed by atoms with Crippen LogP contribution in [0.25, 0.3) is 10.9 Å². The average molecular weight is 345 g/mol. The fraction of sp³-hybridized carbons (Fsp3) is 0.500. The number of aromatic nitrogens is 1. The zero-order valence-corrected chi connectivity index (χ0v) is 14.9. The molecule has 2 aromatic rings. The van der Waals surface area contributed by atoms with Gasteiger partial charge in [0.2, 0.25) is 10.0 Å². The lowest BCUT2D eigenvalue weighted by Gasteiger charge is -2.23. The van der Waals surface area contributed by atoms with E-state index in [1.165, 1.54) is 0 Å². The summed E-state index contributed by atoms with van der Waals surface area (Å²) in [5, 5.41) is 4.25. The van der Waals surface area contributed by atoms with Crippen LogP contribution in [0.15, 0.2) is 29.3 Å². The fourth-order valence-electron chi connectivity index (χ4n) is 4.14. The minimum atomic E-state index is -3.58. The molecule has 1 aliphatic heterocycles. The number of sulfonamides is 1. The SMILES string of the molecule is Cc1cc(C)c2cccnc2c1S(=O)(=O)NC1CC12CCNCC2. The Morgan fingerprint density at radius 3 is 2.75 bits per heavy atom. The monoisotopic (exact) mass is 345 g/mol. The summed E-state index contributed by atoms with van der Waals surface area (Å²) in [6, 6.07) is 5.77. The highest BCUT2D eigenvalue weighted by Gasteiger charge is 2.55. The van der Waals surface area contributed by atoms with Crippen molar-refractivity contribution >= 4 is 20.9 Å². The normalized spacial score (nSPS) is 22.8. The molecular weight excluding hydrogens is 322 g/mol. The maximum atomic E-state index is 13.1. The number of pyridine rings is 1. The summed E-state index contributed by atoms with van der Waals surface area (Å²) in [5.74, 6) is 0. The topological polar surface area (TPSA) is 71.1 Å². The molecule has 1 spiro atoms. The summed E-state index contributed by atoms with van der Waals surface area (Å²) in [4.78, 5) is 4.70. The fourth-order valence-corrected chi connectivity index (χ4v) is 5.86. The molecule has 24 heavy (non-hydrogen) atoms. The van der Waals surface area contributed by atoms with E-state index < -0.39 is 10.0 Å². The molecule has 128 valence electrons. The maximum Gasteiger partial charge on any atom is 0.243 e. The molecule has 2 N–H and O–H groups in total. The highest BCUT2D eigenvalue weighted by molar-refractivity contribution is 7.89. The van der Waals surface area contributed by atoms with Crippen LogP contribution < -0.4 is 10.0 Å². The average Bonchev–Trinajstić information content (AvgIpc) is 3.17. The van der Waals surface area contributed by atoms with Gasteiger partial charge in [-0.1, -0.05) is 12.1 Å². The molecular formula is C18H23N3O2S. The molecule has 2 aliphatic rings. The minimum absolute atomic E-state index is 0.0593. The smallest absolute Gasteiger partial charge is 0.243 e. The van der Waals surface area contributed by atoms with Gasteiger partial charge >= 0.3 is 0 Å². The third-order valence-electron chi connectivity index (χ3n) is 5.59. The van der Waals surface area contributed by atoms with E-state index >= 15 is 0 Å². The Kier molecular flexibility index (Phi) is 3.67. The van der Waals surface area contributed by atoms with Crippen molar-refractivity contribution in [3.8, 4) is 0 Å². The number of aryl methyl sites for hydroxylation is 2. The van der Waals surface area contributed by atoms with E-state index in [1.54, 1.807) is 6.20 Å². The maximum absolute atomic E-state index is 13.1. The number of rotatable bonds is 3. The summed E-state index contributed by atoms with van der Waals surface area (Å²) in [5.41, 5.74) is 2.55. The first-order valence-corrected chi connectivity index (χ1v) is 9.99. The molecule has 1 aromatic carbocycles. The summed E-state index contributed by atoms with van der Waals surface area (Å²) in [7, 11) is -3.58. The number of nitrogens with one attached hydrogen (secondary N) is 2. The zero-order chi connectivity index (χ0) is 16.9. The summed E-state index contributed by atoms with van der Waals surface area (Å²) in [6.07, 6.45) is 4.70. The van der Waals surface area contributed by atoms with Crippen LogP contribution in [0.5, 0.6) is 0 Å². The number of nitrogens with zero attached hydrogens (tertiary/aromatic N) is 1. The molecule has 0 radical (unpaired) electrons. The van der Waals surface area contributed by atoms with E-state index in [4.69, 9.17) is 0 Å². The number of benzene rings is 1. The minimum Gasteiger partial charge on any atom is -0.317 e. The molecule has 1 atom stereocenters. The molecule has 4 rings (SSSR count). The summed E-state index contributed by atoms with van der Waals surface area (Å²) < 4.78 is 29.1. The first-order chi connectivity index (χ1) is 11.4. The molecule has 1 unspecified atom stereocenters.